The first-order valence-corrected chi connectivity index (χ1v) is 4.79. The van der Waals surface area contributed by atoms with Gasteiger partial charge in [-0.05, 0) is 19.1 Å². The van der Waals surface area contributed by atoms with Crippen LogP contribution in [0.1, 0.15) is 11.6 Å². The molecule has 0 N–H and O–H groups in total. The number of benzene rings is 1. The van der Waals surface area contributed by atoms with E-state index in [9.17, 15) is 0 Å². The molecule has 0 aliphatic carbocycles. The molecule has 3 heteroatoms. The molecule has 0 fully saturated rings. The Labute approximate surface area is 88.7 Å². The fourth-order valence-corrected chi connectivity index (χ4v) is 1.56. The molecule has 0 saturated carbocycles. The third-order valence-electron chi connectivity index (χ3n) is 2.24. The maximum Gasteiger partial charge on any atom is 0.192 e. The predicted molar refractivity (Wildman–Crippen MR) is 58.0 cm³/mol. The lowest BCUT2D eigenvalue weighted by atomic mass is 10.1. The Morgan fingerprint density at radius 3 is 2.67 bits per heavy atom. The van der Waals surface area contributed by atoms with Gasteiger partial charge in [-0.2, -0.15) is 0 Å². The minimum Gasteiger partial charge on any atom is -0.497 e. The Hall–Kier alpha value is -1.77. The van der Waals surface area contributed by atoms with Gasteiger partial charge >= 0.3 is 0 Å². The SMILES string of the molecule is COc1cccc(-c2oc(C)nc2C)c1. The highest BCUT2D eigenvalue weighted by molar-refractivity contribution is 5.61. The van der Waals surface area contributed by atoms with Crippen molar-refractivity contribution in [2.45, 2.75) is 13.8 Å². The van der Waals surface area contributed by atoms with Gasteiger partial charge in [-0.15, -0.1) is 0 Å². The van der Waals surface area contributed by atoms with E-state index in [0.29, 0.717) is 5.89 Å². The molecule has 2 rings (SSSR count). The van der Waals surface area contributed by atoms with Gasteiger partial charge in [0.25, 0.3) is 0 Å². The summed E-state index contributed by atoms with van der Waals surface area (Å²) in [5.74, 6) is 2.32. The van der Waals surface area contributed by atoms with Crippen LogP contribution in [0.25, 0.3) is 11.3 Å². The molecule has 1 aromatic carbocycles. The molecular weight excluding hydrogens is 190 g/mol. The van der Waals surface area contributed by atoms with Crippen LogP contribution in [0.4, 0.5) is 0 Å². The van der Waals surface area contributed by atoms with E-state index in [-0.39, 0.29) is 0 Å². The number of rotatable bonds is 2. The van der Waals surface area contributed by atoms with Crippen molar-refractivity contribution in [3.8, 4) is 17.1 Å². The fraction of sp³-hybridized carbons (Fsp3) is 0.250. The zero-order valence-electron chi connectivity index (χ0n) is 9.07. The van der Waals surface area contributed by atoms with Crippen LogP contribution in [0, 0.1) is 13.8 Å². The summed E-state index contributed by atoms with van der Waals surface area (Å²) in [6.45, 7) is 3.78. The number of oxazole rings is 1. The lowest BCUT2D eigenvalue weighted by Crippen LogP contribution is -1.84. The van der Waals surface area contributed by atoms with Gasteiger partial charge in [-0.1, -0.05) is 12.1 Å². The predicted octanol–water partition coefficient (Wildman–Crippen LogP) is 2.97. The van der Waals surface area contributed by atoms with Crippen molar-refractivity contribution in [3.05, 3.63) is 35.9 Å². The van der Waals surface area contributed by atoms with Gasteiger partial charge in [0, 0.05) is 12.5 Å². The Morgan fingerprint density at radius 2 is 2.07 bits per heavy atom. The summed E-state index contributed by atoms with van der Waals surface area (Å²) in [5.41, 5.74) is 1.90. The van der Waals surface area contributed by atoms with Crippen LogP contribution in [-0.2, 0) is 0 Å². The average Bonchev–Trinajstić information content (AvgIpc) is 2.58. The number of hydrogen-bond acceptors (Lipinski definition) is 3. The van der Waals surface area contributed by atoms with Gasteiger partial charge < -0.3 is 9.15 Å². The summed E-state index contributed by atoms with van der Waals surface area (Å²) in [6.07, 6.45) is 0. The minimum absolute atomic E-state index is 0.685. The smallest absolute Gasteiger partial charge is 0.192 e. The lowest BCUT2D eigenvalue weighted by molar-refractivity contribution is 0.414. The van der Waals surface area contributed by atoms with Crippen molar-refractivity contribution in [1.29, 1.82) is 0 Å². The molecule has 2 aromatic rings. The first-order chi connectivity index (χ1) is 7.20. The topological polar surface area (TPSA) is 35.3 Å². The van der Waals surface area contributed by atoms with Gasteiger partial charge in [0.1, 0.15) is 5.75 Å². The lowest BCUT2D eigenvalue weighted by Gasteiger charge is -2.01. The standard InChI is InChI=1S/C12H13NO2/c1-8-12(15-9(2)13-8)10-5-4-6-11(7-10)14-3/h4-7H,1-3H3. The molecule has 0 saturated heterocycles. The molecule has 15 heavy (non-hydrogen) atoms. The zero-order valence-corrected chi connectivity index (χ0v) is 9.07. The quantitative estimate of drug-likeness (QED) is 0.752. The van der Waals surface area contributed by atoms with E-state index < -0.39 is 0 Å². The molecule has 1 heterocycles. The minimum atomic E-state index is 0.685. The van der Waals surface area contributed by atoms with Crippen molar-refractivity contribution in [2.24, 2.45) is 0 Å². The summed E-state index contributed by atoms with van der Waals surface area (Å²) in [4.78, 5) is 4.24. The molecule has 1 aromatic heterocycles. The Kier molecular flexibility index (Phi) is 2.46. The van der Waals surface area contributed by atoms with Crippen molar-refractivity contribution < 1.29 is 9.15 Å². The summed E-state index contributed by atoms with van der Waals surface area (Å²) in [5, 5.41) is 0. The van der Waals surface area contributed by atoms with Crippen LogP contribution < -0.4 is 4.74 Å². The highest BCUT2D eigenvalue weighted by Crippen LogP contribution is 2.27. The van der Waals surface area contributed by atoms with Gasteiger partial charge in [-0.3, -0.25) is 0 Å². The van der Waals surface area contributed by atoms with Crippen LogP contribution in [0.5, 0.6) is 5.75 Å². The molecule has 3 nitrogen and oxygen atoms in total. The highest BCUT2D eigenvalue weighted by atomic mass is 16.5. The van der Waals surface area contributed by atoms with E-state index in [2.05, 4.69) is 4.98 Å². The third-order valence-corrected chi connectivity index (χ3v) is 2.24. The van der Waals surface area contributed by atoms with E-state index in [1.54, 1.807) is 7.11 Å². The fourth-order valence-electron chi connectivity index (χ4n) is 1.56. The Morgan fingerprint density at radius 1 is 1.27 bits per heavy atom. The Balaban J connectivity index is 2.49. The van der Waals surface area contributed by atoms with Crippen LogP contribution in [0.15, 0.2) is 28.7 Å². The number of hydrogen-bond donors (Lipinski definition) is 0. The first-order valence-electron chi connectivity index (χ1n) is 4.79. The number of methoxy groups -OCH3 is 1. The Bertz CT molecular complexity index is 474. The van der Waals surface area contributed by atoms with Crippen LogP contribution in [0.2, 0.25) is 0 Å². The monoisotopic (exact) mass is 203 g/mol. The maximum atomic E-state index is 5.53. The second-order valence-corrected chi connectivity index (χ2v) is 3.38. The average molecular weight is 203 g/mol. The molecule has 0 radical (unpaired) electrons. The van der Waals surface area contributed by atoms with E-state index >= 15 is 0 Å². The largest absolute Gasteiger partial charge is 0.497 e. The summed E-state index contributed by atoms with van der Waals surface area (Å²) in [7, 11) is 1.65. The van der Waals surface area contributed by atoms with Gasteiger partial charge in [-0.25, -0.2) is 4.98 Å². The molecule has 0 aliphatic rings. The van der Waals surface area contributed by atoms with Gasteiger partial charge in [0.15, 0.2) is 11.7 Å². The van der Waals surface area contributed by atoms with E-state index in [1.165, 1.54) is 0 Å². The molecule has 78 valence electrons. The third kappa shape index (κ3) is 1.86. The summed E-state index contributed by atoms with van der Waals surface area (Å²) in [6, 6.07) is 7.76. The summed E-state index contributed by atoms with van der Waals surface area (Å²) >= 11 is 0. The van der Waals surface area contributed by atoms with Crippen molar-refractivity contribution >= 4 is 0 Å². The zero-order chi connectivity index (χ0) is 10.8. The molecule has 0 unspecified atom stereocenters. The number of ether oxygens (including phenoxy) is 1. The molecular formula is C12H13NO2. The molecule has 0 amide bonds. The molecule has 0 bridgehead atoms. The number of nitrogens with zero attached hydrogens (tertiary/aromatic N) is 1. The highest BCUT2D eigenvalue weighted by Gasteiger charge is 2.09. The molecule has 0 spiro atoms. The molecule has 0 aliphatic heterocycles. The van der Waals surface area contributed by atoms with E-state index in [4.69, 9.17) is 9.15 Å². The van der Waals surface area contributed by atoms with Crippen LogP contribution in [-0.4, -0.2) is 12.1 Å². The second kappa shape index (κ2) is 3.77. The first kappa shape index (κ1) is 9.77. The number of aromatic nitrogens is 1. The van der Waals surface area contributed by atoms with Crippen LogP contribution in [0.3, 0.4) is 0 Å². The maximum absolute atomic E-state index is 5.53. The van der Waals surface area contributed by atoms with Crippen molar-refractivity contribution in [2.75, 3.05) is 7.11 Å². The van der Waals surface area contributed by atoms with Crippen molar-refractivity contribution in [1.82, 2.24) is 4.98 Å². The second-order valence-electron chi connectivity index (χ2n) is 3.38. The number of aryl methyl sites for hydroxylation is 2. The van der Waals surface area contributed by atoms with Gasteiger partial charge in [0.2, 0.25) is 0 Å². The molecule has 0 atom stereocenters. The van der Waals surface area contributed by atoms with Crippen LogP contribution >= 0.6 is 0 Å². The van der Waals surface area contributed by atoms with Crippen molar-refractivity contribution in [3.63, 3.8) is 0 Å². The van der Waals surface area contributed by atoms with E-state index in [0.717, 1.165) is 22.8 Å². The van der Waals surface area contributed by atoms with E-state index in [1.807, 2.05) is 38.1 Å². The summed E-state index contributed by atoms with van der Waals surface area (Å²) < 4.78 is 10.7. The van der Waals surface area contributed by atoms with Gasteiger partial charge in [0.05, 0.1) is 12.8 Å². The normalized spacial score (nSPS) is 10.3.